The monoisotopic (exact) mass is 361 g/mol. The Morgan fingerprint density at radius 1 is 1.04 bits per heavy atom. The summed E-state index contributed by atoms with van der Waals surface area (Å²) in [5, 5.41) is 1.11. The molecule has 3 heterocycles. The topological polar surface area (TPSA) is 58.2 Å². The molecule has 1 aliphatic heterocycles. The van der Waals surface area contributed by atoms with Crippen molar-refractivity contribution in [2.24, 2.45) is 5.92 Å². The van der Waals surface area contributed by atoms with E-state index in [9.17, 15) is 4.79 Å². The molecule has 0 spiro atoms. The van der Waals surface area contributed by atoms with Gasteiger partial charge in [-0.15, -0.1) is 0 Å². The number of likely N-dealkylation sites (tertiary alicyclic amines) is 1. The number of fused-ring (bicyclic) bond motifs is 1. The molecule has 27 heavy (non-hydrogen) atoms. The van der Waals surface area contributed by atoms with Gasteiger partial charge in [-0.1, -0.05) is 12.1 Å². The molecule has 138 valence electrons. The zero-order chi connectivity index (χ0) is 18.2. The maximum atomic E-state index is 12.1. The molecule has 0 atom stereocenters. The normalized spacial score (nSPS) is 18.0. The second kappa shape index (κ2) is 6.72. The van der Waals surface area contributed by atoms with E-state index < -0.39 is 0 Å². The summed E-state index contributed by atoms with van der Waals surface area (Å²) in [5.41, 5.74) is 3.13. The summed E-state index contributed by atoms with van der Waals surface area (Å²) in [6.07, 6.45) is 7.96. The Balaban J connectivity index is 1.21. The number of hydrogen-bond acceptors (Lipinski definition) is 3. The molecule has 1 aliphatic carbocycles. The molecular weight excluding hydrogens is 338 g/mol. The number of ether oxygens (including phenoxy) is 1. The van der Waals surface area contributed by atoms with Crippen LogP contribution >= 0.6 is 0 Å². The summed E-state index contributed by atoms with van der Waals surface area (Å²) in [5.74, 6) is 1.56. The molecule has 1 N–H and O–H groups in total. The van der Waals surface area contributed by atoms with Crippen LogP contribution in [0.25, 0.3) is 22.2 Å². The van der Waals surface area contributed by atoms with Gasteiger partial charge in [-0.2, -0.15) is 0 Å². The van der Waals surface area contributed by atoms with Crippen molar-refractivity contribution in [2.45, 2.75) is 31.8 Å². The molecule has 1 saturated carbocycles. The van der Waals surface area contributed by atoms with Gasteiger partial charge in [-0.3, -0.25) is 4.79 Å². The zero-order valence-corrected chi connectivity index (χ0v) is 15.2. The van der Waals surface area contributed by atoms with Crippen molar-refractivity contribution in [1.82, 2.24) is 14.9 Å². The number of rotatable bonds is 4. The molecule has 1 amide bonds. The smallest absolute Gasteiger partial charge is 0.225 e. The molecule has 1 saturated heterocycles. The number of carbonyl (C=O) groups excluding carboxylic acids is 1. The first-order valence-electron chi connectivity index (χ1n) is 9.75. The minimum absolute atomic E-state index is 0.192. The number of aromatic amines is 1. The van der Waals surface area contributed by atoms with E-state index in [0.717, 1.165) is 66.7 Å². The van der Waals surface area contributed by atoms with Crippen LogP contribution in [-0.4, -0.2) is 40.0 Å². The number of nitrogens with one attached hydrogen (secondary N) is 1. The summed E-state index contributed by atoms with van der Waals surface area (Å²) < 4.78 is 6.15. The average molecular weight is 361 g/mol. The summed E-state index contributed by atoms with van der Waals surface area (Å²) in [6.45, 7) is 1.64. The third-order valence-electron chi connectivity index (χ3n) is 5.57. The number of hydrogen-bond donors (Lipinski definition) is 1. The molecule has 3 aromatic rings. The van der Waals surface area contributed by atoms with E-state index in [1.807, 2.05) is 35.5 Å². The molecule has 5 nitrogen and oxygen atoms in total. The predicted molar refractivity (Wildman–Crippen MR) is 104 cm³/mol. The van der Waals surface area contributed by atoms with Crippen LogP contribution in [0.3, 0.4) is 0 Å². The summed E-state index contributed by atoms with van der Waals surface area (Å²) in [6, 6.07) is 12.4. The van der Waals surface area contributed by atoms with Gasteiger partial charge in [0.05, 0.1) is 0 Å². The molecule has 5 rings (SSSR count). The highest BCUT2D eigenvalue weighted by Gasteiger charge is 2.35. The van der Waals surface area contributed by atoms with Crippen LogP contribution in [0.15, 0.2) is 48.8 Å². The minimum atomic E-state index is 0.192. The van der Waals surface area contributed by atoms with Crippen LogP contribution < -0.4 is 4.74 Å². The van der Waals surface area contributed by atoms with E-state index in [1.54, 1.807) is 0 Å². The number of benzene rings is 1. The Labute approximate surface area is 158 Å². The van der Waals surface area contributed by atoms with Gasteiger partial charge >= 0.3 is 0 Å². The van der Waals surface area contributed by atoms with E-state index in [2.05, 4.69) is 28.2 Å². The van der Waals surface area contributed by atoms with Crippen LogP contribution in [0.2, 0.25) is 0 Å². The zero-order valence-electron chi connectivity index (χ0n) is 15.2. The largest absolute Gasteiger partial charge is 0.490 e. The second-order valence-electron chi connectivity index (χ2n) is 7.58. The standard InChI is InChI=1S/C22H23N3O2/c26-22(16-1-2-16)25-11-8-20(9-12-25)27-19-5-3-15(4-6-19)18-13-17-7-10-23-21(17)24-14-18/h3-7,10,13-14,16,20H,1-2,8-9,11-12H2,(H,23,24). The van der Waals surface area contributed by atoms with E-state index in [1.165, 1.54) is 0 Å². The first kappa shape index (κ1) is 16.4. The van der Waals surface area contributed by atoms with Gasteiger partial charge in [-0.25, -0.2) is 4.98 Å². The maximum Gasteiger partial charge on any atom is 0.225 e. The molecule has 0 radical (unpaired) electrons. The van der Waals surface area contributed by atoms with Crippen molar-refractivity contribution in [3.05, 3.63) is 48.8 Å². The Hall–Kier alpha value is -2.82. The van der Waals surface area contributed by atoms with Crippen LogP contribution in [0, 0.1) is 5.92 Å². The Bertz CT molecular complexity index is 951. The third-order valence-corrected chi connectivity index (χ3v) is 5.57. The highest BCUT2D eigenvalue weighted by Crippen LogP contribution is 2.32. The van der Waals surface area contributed by atoms with Crippen molar-refractivity contribution in [3.63, 3.8) is 0 Å². The average Bonchev–Trinajstić information content (AvgIpc) is 3.46. The van der Waals surface area contributed by atoms with Crippen LogP contribution in [0.4, 0.5) is 0 Å². The van der Waals surface area contributed by atoms with Gasteiger partial charge in [0.25, 0.3) is 0 Å². The molecular formula is C22H23N3O2. The molecule has 0 bridgehead atoms. The lowest BCUT2D eigenvalue weighted by molar-refractivity contribution is -0.134. The molecule has 2 aliphatic rings. The van der Waals surface area contributed by atoms with E-state index in [-0.39, 0.29) is 6.10 Å². The fourth-order valence-electron chi connectivity index (χ4n) is 3.80. The lowest BCUT2D eigenvalue weighted by Gasteiger charge is -2.32. The van der Waals surface area contributed by atoms with Crippen LogP contribution in [0.1, 0.15) is 25.7 Å². The third kappa shape index (κ3) is 3.42. The SMILES string of the molecule is O=C(C1CC1)N1CCC(Oc2ccc(-c3cnc4[nH]ccc4c3)cc2)CC1. The van der Waals surface area contributed by atoms with Gasteiger partial charge in [0.1, 0.15) is 17.5 Å². The van der Waals surface area contributed by atoms with Crippen molar-refractivity contribution >= 4 is 16.9 Å². The van der Waals surface area contributed by atoms with Gasteiger partial charge in [0.2, 0.25) is 5.91 Å². The number of carbonyl (C=O) groups is 1. The Morgan fingerprint density at radius 3 is 2.56 bits per heavy atom. The Morgan fingerprint density at radius 2 is 1.81 bits per heavy atom. The summed E-state index contributed by atoms with van der Waals surface area (Å²) in [7, 11) is 0. The van der Waals surface area contributed by atoms with Crippen molar-refractivity contribution < 1.29 is 9.53 Å². The van der Waals surface area contributed by atoms with Crippen molar-refractivity contribution in [1.29, 1.82) is 0 Å². The summed E-state index contributed by atoms with van der Waals surface area (Å²) >= 11 is 0. The number of amides is 1. The van der Waals surface area contributed by atoms with Gasteiger partial charge in [0, 0.05) is 55.2 Å². The second-order valence-corrected chi connectivity index (χ2v) is 7.58. The number of nitrogens with zero attached hydrogens (tertiary/aromatic N) is 2. The van der Waals surface area contributed by atoms with Crippen LogP contribution in [-0.2, 0) is 4.79 Å². The predicted octanol–water partition coefficient (Wildman–Crippen LogP) is 4.01. The maximum absolute atomic E-state index is 12.1. The molecule has 0 unspecified atom stereocenters. The summed E-state index contributed by atoms with van der Waals surface area (Å²) in [4.78, 5) is 21.7. The molecule has 2 fully saturated rings. The van der Waals surface area contributed by atoms with Crippen molar-refractivity contribution in [3.8, 4) is 16.9 Å². The van der Waals surface area contributed by atoms with Crippen LogP contribution in [0.5, 0.6) is 5.75 Å². The quantitative estimate of drug-likeness (QED) is 0.764. The fraction of sp³-hybridized carbons (Fsp3) is 0.364. The van der Waals surface area contributed by atoms with E-state index in [0.29, 0.717) is 11.8 Å². The van der Waals surface area contributed by atoms with Gasteiger partial charge < -0.3 is 14.6 Å². The molecule has 5 heteroatoms. The highest BCUT2D eigenvalue weighted by atomic mass is 16.5. The number of pyridine rings is 1. The molecule has 1 aromatic carbocycles. The van der Waals surface area contributed by atoms with Crippen molar-refractivity contribution in [2.75, 3.05) is 13.1 Å². The van der Waals surface area contributed by atoms with Gasteiger partial charge in [-0.05, 0) is 42.7 Å². The number of H-pyrrole nitrogens is 1. The lowest BCUT2D eigenvalue weighted by Crippen LogP contribution is -2.42. The molecule has 2 aromatic heterocycles. The van der Waals surface area contributed by atoms with E-state index in [4.69, 9.17) is 4.74 Å². The number of piperidine rings is 1. The fourth-order valence-corrected chi connectivity index (χ4v) is 3.80. The highest BCUT2D eigenvalue weighted by molar-refractivity contribution is 5.81. The first-order valence-corrected chi connectivity index (χ1v) is 9.75. The van der Waals surface area contributed by atoms with E-state index >= 15 is 0 Å². The Kier molecular flexibility index (Phi) is 4.07. The minimum Gasteiger partial charge on any atom is -0.490 e. The first-order chi connectivity index (χ1) is 13.3. The number of aromatic nitrogens is 2. The van der Waals surface area contributed by atoms with Gasteiger partial charge in [0.15, 0.2) is 0 Å². The lowest BCUT2D eigenvalue weighted by atomic mass is 10.1.